The van der Waals surface area contributed by atoms with Crippen LogP contribution in [0.15, 0.2) is 54.7 Å². The number of ether oxygens (including phenoxy) is 2. The largest absolute Gasteiger partial charge is 0.493 e. The summed E-state index contributed by atoms with van der Waals surface area (Å²) in [4.78, 5) is 23.2. The summed E-state index contributed by atoms with van der Waals surface area (Å²) in [6, 6.07) is 4.01. The Balaban J connectivity index is 1.13. The Labute approximate surface area is 230 Å². The van der Waals surface area contributed by atoms with Crippen molar-refractivity contribution in [3.8, 4) is 11.5 Å². The van der Waals surface area contributed by atoms with Gasteiger partial charge in [-0.1, -0.05) is 18.2 Å². The SMILES string of the molecule is COc1cc2ncnc(N3CCN(c4ncc(CC5=CCCC=C5)cn4)CC3)c2cc1OCC1CCNCC1. The summed E-state index contributed by atoms with van der Waals surface area (Å²) in [7, 11) is 1.68. The predicted octanol–water partition coefficient (Wildman–Crippen LogP) is 3.95. The third-order valence-corrected chi connectivity index (χ3v) is 7.87. The molecule has 2 saturated heterocycles. The summed E-state index contributed by atoms with van der Waals surface area (Å²) in [5.41, 5.74) is 3.35. The molecule has 2 aromatic heterocycles. The summed E-state index contributed by atoms with van der Waals surface area (Å²) in [6.07, 6.45) is 17.8. The van der Waals surface area contributed by atoms with Gasteiger partial charge in [0.2, 0.25) is 5.95 Å². The average Bonchev–Trinajstić information content (AvgIpc) is 3.01. The van der Waals surface area contributed by atoms with Crippen molar-refractivity contribution in [3.05, 3.63) is 60.2 Å². The van der Waals surface area contributed by atoms with Gasteiger partial charge in [0, 0.05) is 56.4 Å². The Bertz CT molecular complexity index is 1330. The fourth-order valence-electron chi connectivity index (χ4n) is 5.59. The number of fused-ring (bicyclic) bond motifs is 1. The molecule has 3 aliphatic rings. The van der Waals surface area contributed by atoms with Crippen molar-refractivity contribution in [3.63, 3.8) is 0 Å². The van der Waals surface area contributed by atoms with Crippen LogP contribution < -0.4 is 24.6 Å². The number of piperidine rings is 1. The van der Waals surface area contributed by atoms with Crippen molar-refractivity contribution in [1.82, 2.24) is 25.3 Å². The van der Waals surface area contributed by atoms with E-state index in [4.69, 9.17) is 24.4 Å². The number of anilines is 2. The summed E-state index contributed by atoms with van der Waals surface area (Å²) < 4.78 is 11.9. The van der Waals surface area contributed by atoms with E-state index in [1.54, 1.807) is 13.4 Å². The van der Waals surface area contributed by atoms with Crippen LogP contribution in [-0.2, 0) is 6.42 Å². The number of nitrogens with zero attached hydrogens (tertiary/aromatic N) is 6. The highest BCUT2D eigenvalue weighted by Crippen LogP contribution is 2.36. The molecule has 3 aromatic rings. The van der Waals surface area contributed by atoms with Gasteiger partial charge >= 0.3 is 0 Å². The number of nitrogens with one attached hydrogen (secondary N) is 1. The van der Waals surface area contributed by atoms with E-state index in [-0.39, 0.29) is 0 Å². The lowest BCUT2D eigenvalue weighted by atomic mass is 9.99. The number of benzene rings is 1. The van der Waals surface area contributed by atoms with Crippen LogP contribution in [0.2, 0.25) is 0 Å². The number of methoxy groups -OCH3 is 1. The summed E-state index contributed by atoms with van der Waals surface area (Å²) in [5, 5.41) is 4.40. The highest BCUT2D eigenvalue weighted by atomic mass is 16.5. The van der Waals surface area contributed by atoms with E-state index in [2.05, 4.69) is 44.4 Å². The minimum atomic E-state index is 0.559. The molecular weight excluding hydrogens is 490 g/mol. The lowest BCUT2D eigenvalue weighted by Gasteiger charge is -2.35. The molecule has 1 N–H and O–H groups in total. The van der Waals surface area contributed by atoms with E-state index in [0.717, 1.165) is 105 Å². The van der Waals surface area contributed by atoms with Gasteiger partial charge in [0.15, 0.2) is 11.5 Å². The molecule has 39 heavy (non-hydrogen) atoms. The zero-order chi connectivity index (χ0) is 26.4. The molecule has 9 nitrogen and oxygen atoms in total. The molecule has 0 radical (unpaired) electrons. The van der Waals surface area contributed by atoms with Gasteiger partial charge in [0.25, 0.3) is 0 Å². The number of piperazine rings is 1. The van der Waals surface area contributed by atoms with Crippen molar-refractivity contribution in [2.45, 2.75) is 32.1 Å². The lowest BCUT2D eigenvalue weighted by molar-refractivity contribution is 0.208. The molecule has 2 fully saturated rings. The predicted molar refractivity (Wildman–Crippen MR) is 154 cm³/mol. The van der Waals surface area contributed by atoms with Crippen molar-refractivity contribution in [2.24, 2.45) is 5.92 Å². The lowest BCUT2D eigenvalue weighted by Crippen LogP contribution is -2.47. The van der Waals surface area contributed by atoms with Crippen LogP contribution >= 0.6 is 0 Å². The zero-order valence-electron chi connectivity index (χ0n) is 22.7. The molecule has 0 amide bonds. The molecule has 0 atom stereocenters. The number of aromatic nitrogens is 4. The first-order valence-corrected chi connectivity index (χ1v) is 14.1. The molecule has 204 valence electrons. The fourth-order valence-corrected chi connectivity index (χ4v) is 5.59. The molecule has 6 rings (SSSR count). The Morgan fingerprint density at radius 1 is 0.923 bits per heavy atom. The number of allylic oxidation sites excluding steroid dienone is 4. The molecular formula is C30H37N7O2. The van der Waals surface area contributed by atoms with Gasteiger partial charge in [0.05, 0.1) is 19.2 Å². The monoisotopic (exact) mass is 527 g/mol. The van der Waals surface area contributed by atoms with E-state index in [0.29, 0.717) is 18.3 Å². The topological polar surface area (TPSA) is 88.5 Å². The summed E-state index contributed by atoms with van der Waals surface area (Å²) in [5.74, 6) is 3.74. The maximum Gasteiger partial charge on any atom is 0.225 e. The first-order chi connectivity index (χ1) is 19.3. The second-order valence-electron chi connectivity index (χ2n) is 10.5. The van der Waals surface area contributed by atoms with Gasteiger partial charge < -0.3 is 24.6 Å². The average molecular weight is 528 g/mol. The van der Waals surface area contributed by atoms with Gasteiger partial charge in [0.1, 0.15) is 12.1 Å². The second kappa shape index (κ2) is 12.0. The number of hydrogen-bond donors (Lipinski definition) is 1. The molecule has 0 spiro atoms. The second-order valence-corrected chi connectivity index (χ2v) is 10.5. The van der Waals surface area contributed by atoms with Gasteiger partial charge in [-0.25, -0.2) is 19.9 Å². The minimum Gasteiger partial charge on any atom is -0.493 e. The third kappa shape index (κ3) is 5.98. The normalized spacial score (nSPS) is 18.3. The molecule has 0 bridgehead atoms. The van der Waals surface area contributed by atoms with E-state index < -0.39 is 0 Å². The maximum absolute atomic E-state index is 6.29. The summed E-state index contributed by atoms with van der Waals surface area (Å²) >= 11 is 0. The van der Waals surface area contributed by atoms with Crippen molar-refractivity contribution in [1.29, 1.82) is 0 Å². The molecule has 4 heterocycles. The van der Waals surface area contributed by atoms with Gasteiger partial charge in [-0.2, -0.15) is 0 Å². The zero-order valence-corrected chi connectivity index (χ0v) is 22.7. The standard InChI is InChI=1S/C30H37N7O2/c1-38-27-17-26-25(16-28(27)39-20-23-7-9-31-10-8-23)29(35-21-34-26)36-11-13-37(14-12-36)30-32-18-24(19-33-30)15-22-5-3-2-4-6-22/h3,5-6,16-19,21,23,31H,2,4,7-15,20H2,1H3. The molecule has 9 heteroatoms. The van der Waals surface area contributed by atoms with Crippen LogP contribution in [0.3, 0.4) is 0 Å². The molecule has 1 aromatic carbocycles. The van der Waals surface area contributed by atoms with Crippen LogP contribution in [0, 0.1) is 5.92 Å². The van der Waals surface area contributed by atoms with Crippen molar-refractivity contribution >= 4 is 22.7 Å². The van der Waals surface area contributed by atoms with Crippen LogP contribution in [0.1, 0.15) is 31.2 Å². The third-order valence-electron chi connectivity index (χ3n) is 7.87. The molecule has 1 aliphatic carbocycles. The van der Waals surface area contributed by atoms with Crippen molar-refractivity contribution < 1.29 is 9.47 Å². The molecule has 0 saturated carbocycles. The highest BCUT2D eigenvalue weighted by molar-refractivity contribution is 5.92. The Morgan fingerprint density at radius 2 is 1.72 bits per heavy atom. The first kappa shape index (κ1) is 25.6. The summed E-state index contributed by atoms with van der Waals surface area (Å²) in [6.45, 7) is 6.11. The van der Waals surface area contributed by atoms with Crippen molar-refractivity contribution in [2.75, 3.05) is 62.8 Å². The Kier molecular flexibility index (Phi) is 7.85. The van der Waals surface area contributed by atoms with Gasteiger partial charge in [-0.3, -0.25) is 0 Å². The van der Waals surface area contributed by atoms with E-state index in [1.165, 1.54) is 5.57 Å². The quantitative estimate of drug-likeness (QED) is 0.468. The Morgan fingerprint density at radius 3 is 2.46 bits per heavy atom. The van der Waals surface area contributed by atoms with Crippen LogP contribution in [-0.4, -0.2) is 72.9 Å². The number of rotatable bonds is 8. The maximum atomic E-state index is 6.29. The minimum absolute atomic E-state index is 0.559. The van der Waals surface area contributed by atoms with E-state index in [1.807, 2.05) is 18.5 Å². The fraction of sp³-hybridized carbons (Fsp3) is 0.467. The van der Waals surface area contributed by atoms with E-state index >= 15 is 0 Å². The highest BCUT2D eigenvalue weighted by Gasteiger charge is 2.23. The van der Waals surface area contributed by atoms with Gasteiger partial charge in [-0.15, -0.1) is 0 Å². The van der Waals surface area contributed by atoms with Crippen LogP contribution in [0.25, 0.3) is 10.9 Å². The Hall–Kier alpha value is -3.72. The number of hydrogen-bond acceptors (Lipinski definition) is 9. The molecule has 2 aliphatic heterocycles. The van der Waals surface area contributed by atoms with Crippen LogP contribution in [0.5, 0.6) is 11.5 Å². The van der Waals surface area contributed by atoms with Crippen LogP contribution in [0.4, 0.5) is 11.8 Å². The first-order valence-electron chi connectivity index (χ1n) is 14.1. The van der Waals surface area contributed by atoms with Gasteiger partial charge in [-0.05, 0) is 61.9 Å². The smallest absolute Gasteiger partial charge is 0.225 e. The van der Waals surface area contributed by atoms with E-state index in [9.17, 15) is 0 Å². The molecule has 0 unspecified atom stereocenters.